The number of hydrogen-bond donors (Lipinski definition) is 2. The van der Waals surface area contributed by atoms with E-state index in [1.807, 2.05) is 12.2 Å². The molecule has 29 heavy (non-hydrogen) atoms. The molecule has 0 aromatic rings. The zero-order valence-electron chi connectivity index (χ0n) is 18.7. The van der Waals surface area contributed by atoms with Crippen molar-refractivity contribution in [2.24, 2.45) is 23.2 Å². The van der Waals surface area contributed by atoms with Gasteiger partial charge in [0.2, 0.25) is 0 Å². The third-order valence-corrected chi connectivity index (χ3v) is 7.48. The van der Waals surface area contributed by atoms with Crippen LogP contribution in [0.4, 0.5) is 0 Å². The van der Waals surface area contributed by atoms with Crippen LogP contribution >= 0.6 is 0 Å². The van der Waals surface area contributed by atoms with Crippen LogP contribution in [0.2, 0.25) is 0 Å². The van der Waals surface area contributed by atoms with Crippen LogP contribution in [0.15, 0.2) is 35.6 Å². The largest absolute Gasteiger partial charge is 0.487 e. The highest BCUT2D eigenvalue weighted by Crippen LogP contribution is 2.56. The molecule has 4 unspecified atom stereocenters. The first-order valence-corrected chi connectivity index (χ1v) is 11.3. The van der Waals surface area contributed by atoms with Gasteiger partial charge in [0.1, 0.15) is 11.4 Å². The van der Waals surface area contributed by atoms with E-state index in [4.69, 9.17) is 4.74 Å². The van der Waals surface area contributed by atoms with Crippen LogP contribution < -0.4 is 0 Å². The minimum atomic E-state index is -1.93. The van der Waals surface area contributed by atoms with Gasteiger partial charge in [-0.15, -0.1) is 0 Å². The molecule has 2 aliphatic carbocycles. The molecule has 0 saturated heterocycles. The minimum Gasteiger partial charge on any atom is -0.487 e. The first-order chi connectivity index (χ1) is 13.6. The number of carboxylic acid groups (broad SMARTS) is 1. The summed E-state index contributed by atoms with van der Waals surface area (Å²) in [6.07, 6.45) is 15.1. The predicted molar refractivity (Wildman–Crippen MR) is 115 cm³/mol. The molecule has 0 bridgehead atoms. The molecule has 0 amide bonds. The van der Waals surface area contributed by atoms with Crippen LogP contribution in [-0.4, -0.2) is 27.4 Å². The maximum atomic E-state index is 12.6. The number of aliphatic carboxylic acids is 1. The average Bonchev–Trinajstić information content (AvgIpc) is 2.64. The van der Waals surface area contributed by atoms with Crippen molar-refractivity contribution in [3.63, 3.8) is 0 Å². The predicted octanol–water partition coefficient (Wildman–Crippen LogP) is 5.63. The Morgan fingerprint density at radius 1 is 1.21 bits per heavy atom. The molecule has 0 spiro atoms. The Labute approximate surface area is 175 Å². The van der Waals surface area contributed by atoms with E-state index in [1.165, 1.54) is 12.8 Å². The molecule has 0 saturated carbocycles. The van der Waals surface area contributed by atoms with Crippen molar-refractivity contribution in [3.05, 3.63) is 35.6 Å². The fourth-order valence-corrected chi connectivity index (χ4v) is 5.82. The quantitative estimate of drug-likeness (QED) is 0.428. The summed E-state index contributed by atoms with van der Waals surface area (Å²) in [5.74, 6) is -0.920. The van der Waals surface area contributed by atoms with Gasteiger partial charge in [0.25, 0.3) is 0 Å². The lowest BCUT2D eigenvalue weighted by molar-refractivity contribution is -0.167. The molecule has 2 N–H and O–H groups in total. The molecule has 3 rings (SSSR count). The summed E-state index contributed by atoms with van der Waals surface area (Å²) in [6.45, 7) is 10.5. The average molecular weight is 403 g/mol. The van der Waals surface area contributed by atoms with Crippen molar-refractivity contribution in [1.82, 2.24) is 0 Å². The Balaban J connectivity index is 2.00. The van der Waals surface area contributed by atoms with E-state index in [0.29, 0.717) is 11.3 Å². The van der Waals surface area contributed by atoms with Gasteiger partial charge in [-0.3, -0.25) is 0 Å². The van der Waals surface area contributed by atoms with Crippen LogP contribution in [0, 0.1) is 23.2 Å². The summed E-state index contributed by atoms with van der Waals surface area (Å²) in [6, 6.07) is 0. The zero-order valence-corrected chi connectivity index (χ0v) is 18.7. The number of carbonyl (C=O) groups is 1. The number of allylic oxidation sites excluding steroid dienone is 3. The lowest BCUT2D eigenvalue weighted by Crippen LogP contribution is -2.59. The lowest BCUT2D eigenvalue weighted by atomic mass is 9.57. The third-order valence-electron chi connectivity index (χ3n) is 7.48. The highest BCUT2D eigenvalue weighted by molar-refractivity contribution is 5.84. The lowest BCUT2D eigenvalue weighted by Gasteiger charge is -2.53. The van der Waals surface area contributed by atoms with Crippen molar-refractivity contribution in [1.29, 1.82) is 0 Å². The normalized spacial score (nSPS) is 33.1. The number of rotatable bonds is 7. The molecule has 0 aromatic carbocycles. The summed E-state index contributed by atoms with van der Waals surface area (Å²) < 4.78 is 6.30. The molecule has 4 atom stereocenters. The van der Waals surface area contributed by atoms with E-state index >= 15 is 0 Å². The van der Waals surface area contributed by atoms with Crippen molar-refractivity contribution in [2.45, 2.75) is 90.8 Å². The van der Waals surface area contributed by atoms with E-state index < -0.39 is 17.5 Å². The molecule has 3 aliphatic rings. The Morgan fingerprint density at radius 2 is 1.90 bits per heavy atom. The standard InChI is InChI=1S/C25H38O4/c1-6-7-8-11-16-23(2,3)20-15-14-19-21(25(20,28)22(26)27)17-12-9-10-13-18(17)24(4,5)29-19/h9-10,14-15,17-18,20,28H,6-8,11-13,16H2,1-5H3,(H,26,27). The Morgan fingerprint density at radius 3 is 2.55 bits per heavy atom. The summed E-state index contributed by atoms with van der Waals surface area (Å²) in [7, 11) is 0. The molecule has 0 fully saturated rings. The zero-order chi connectivity index (χ0) is 21.4. The Hall–Kier alpha value is -1.55. The van der Waals surface area contributed by atoms with Crippen LogP contribution in [0.5, 0.6) is 0 Å². The molecule has 0 radical (unpaired) electrons. The summed E-state index contributed by atoms with van der Waals surface area (Å²) in [4.78, 5) is 12.6. The monoisotopic (exact) mass is 402 g/mol. The van der Waals surface area contributed by atoms with Gasteiger partial charge in [-0.05, 0) is 50.5 Å². The van der Waals surface area contributed by atoms with Crippen LogP contribution in [0.3, 0.4) is 0 Å². The van der Waals surface area contributed by atoms with E-state index in [0.717, 1.165) is 32.1 Å². The van der Waals surface area contributed by atoms with Gasteiger partial charge < -0.3 is 14.9 Å². The highest BCUT2D eigenvalue weighted by atomic mass is 16.5. The van der Waals surface area contributed by atoms with Gasteiger partial charge in [-0.2, -0.15) is 0 Å². The van der Waals surface area contributed by atoms with Crippen LogP contribution in [0.25, 0.3) is 0 Å². The van der Waals surface area contributed by atoms with E-state index in [-0.39, 0.29) is 22.9 Å². The SMILES string of the molecule is CCCCCCC(C)(C)C1C=CC2=C(C3CC=CCC3C(C)(C)O2)C1(O)C(=O)O. The second-order valence-corrected chi connectivity index (χ2v) is 10.3. The van der Waals surface area contributed by atoms with Gasteiger partial charge in [0, 0.05) is 17.4 Å². The third kappa shape index (κ3) is 3.81. The number of hydrogen-bond acceptors (Lipinski definition) is 3. The number of unbranched alkanes of at least 4 members (excludes halogenated alkanes) is 3. The molecule has 162 valence electrons. The van der Waals surface area contributed by atoms with Gasteiger partial charge >= 0.3 is 5.97 Å². The molecular weight excluding hydrogens is 364 g/mol. The second-order valence-electron chi connectivity index (χ2n) is 10.3. The fourth-order valence-electron chi connectivity index (χ4n) is 5.82. The van der Waals surface area contributed by atoms with E-state index in [2.05, 4.69) is 46.8 Å². The summed E-state index contributed by atoms with van der Waals surface area (Å²) >= 11 is 0. The first kappa shape index (κ1) is 22.1. The van der Waals surface area contributed by atoms with E-state index in [9.17, 15) is 15.0 Å². The fraction of sp³-hybridized carbons (Fsp3) is 0.720. The highest BCUT2D eigenvalue weighted by Gasteiger charge is 2.60. The number of fused-ring (bicyclic) bond motifs is 2. The van der Waals surface area contributed by atoms with Gasteiger partial charge in [0.05, 0.1) is 0 Å². The molecule has 1 heterocycles. The number of ether oxygens (including phenoxy) is 1. The smallest absolute Gasteiger partial charge is 0.340 e. The van der Waals surface area contributed by atoms with Gasteiger partial charge in [-0.1, -0.05) is 64.7 Å². The maximum Gasteiger partial charge on any atom is 0.340 e. The van der Waals surface area contributed by atoms with Gasteiger partial charge in [0.15, 0.2) is 5.60 Å². The first-order valence-electron chi connectivity index (χ1n) is 11.3. The minimum absolute atomic E-state index is 0.0109. The van der Waals surface area contributed by atoms with Gasteiger partial charge in [-0.25, -0.2) is 4.79 Å². The molecule has 4 nitrogen and oxygen atoms in total. The summed E-state index contributed by atoms with van der Waals surface area (Å²) in [5.41, 5.74) is -2.06. The molecule has 0 aromatic heterocycles. The van der Waals surface area contributed by atoms with Crippen LogP contribution in [-0.2, 0) is 9.53 Å². The van der Waals surface area contributed by atoms with Crippen molar-refractivity contribution in [2.75, 3.05) is 0 Å². The second kappa shape index (κ2) is 7.94. The maximum absolute atomic E-state index is 12.6. The molecule has 1 aliphatic heterocycles. The van der Waals surface area contributed by atoms with E-state index in [1.54, 1.807) is 0 Å². The Kier molecular flexibility index (Phi) is 6.06. The van der Waals surface area contributed by atoms with Crippen molar-refractivity contribution in [3.8, 4) is 0 Å². The Bertz CT molecular complexity index is 727. The number of aliphatic hydroxyl groups is 1. The molecule has 4 heteroatoms. The topological polar surface area (TPSA) is 66.8 Å². The molecular formula is C25H38O4. The van der Waals surface area contributed by atoms with Crippen molar-refractivity contribution >= 4 is 5.97 Å². The number of carboxylic acids is 1. The van der Waals surface area contributed by atoms with Crippen LogP contribution in [0.1, 0.15) is 79.6 Å². The van der Waals surface area contributed by atoms with Crippen molar-refractivity contribution < 1.29 is 19.7 Å². The summed E-state index contributed by atoms with van der Waals surface area (Å²) in [5, 5.41) is 22.1.